The molecule has 2 N–H and O–H groups in total. The minimum absolute atomic E-state index is 0.130. The monoisotopic (exact) mass is 255 g/mol. The number of rotatable bonds is 4. The van der Waals surface area contributed by atoms with Gasteiger partial charge in [-0.3, -0.25) is 4.79 Å². The second kappa shape index (κ2) is 6.50. The van der Waals surface area contributed by atoms with Crippen LogP contribution in [0.4, 0.5) is 0 Å². The van der Waals surface area contributed by atoms with Gasteiger partial charge in [0.05, 0.1) is 6.10 Å². The van der Waals surface area contributed by atoms with E-state index in [9.17, 15) is 4.79 Å². The van der Waals surface area contributed by atoms with E-state index in [0.717, 1.165) is 39.0 Å². The summed E-state index contributed by atoms with van der Waals surface area (Å²) in [6.07, 6.45) is 3.57. The summed E-state index contributed by atoms with van der Waals surface area (Å²) >= 11 is 0. The molecule has 0 aromatic heterocycles. The lowest BCUT2D eigenvalue weighted by molar-refractivity contribution is -0.140. The van der Waals surface area contributed by atoms with Crippen molar-refractivity contribution in [3.05, 3.63) is 0 Å². The molecule has 2 aliphatic rings. The Balaban J connectivity index is 1.71. The van der Waals surface area contributed by atoms with E-state index in [1.165, 1.54) is 6.42 Å². The zero-order chi connectivity index (χ0) is 13.0. The molecule has 0 radical (unpaired) electrons. The van der Waals surface area contributed by atoms with Crippen molar-refractivity contribution < 1.29 is 9.53 Å². The largest absolute Gasteiger partial charge is 0.368 e. The maximum atomic E-state index is 12.0. The molecule has 1 amide bonds. The molecule has 1 saturated heterocycles. The van der Waals surface area contributed by atoms with Crippen molar-refractivity contribution in [1.82, 2.24) is 9.80 Å². The molecule has 0 bridgehead atoms. The number of hydrogen-bond acceptors (Lipinski definition) is 4. The Morgan fingerprint density at radius 1 is 1.28 bits per heavy atom. The lowest BCUT2D eigenvalue weighted by Gasteiger charge is -2.32. The third-order valence-corrected chi connectivity index (χ3v) is 4.17. The van der Waals surface area contributed by atoms with E-state index < -0.39 is 0 Å². The number of piperazine rings is 1. The van der Waals surface area contributed by atoms with E-state index in [-0.39, 0.29) is 18.6 Å². The summed E-state index contributed by atoms with van der Waals surface area (Å²) in [5.74, 6) is 0.580. The Morgan fingerprint density at radius 2 is 2.00 bits per heavy atom. The molecule has 1 aliphatic carbocycles. The second-order valence-corrected chi connectivity index (χ2v) is 5.46. The minimum Gasteiger partial charge on any atom is -0.368 e. The zero-order valence-corrected chi connectivity index (χ0v) is 11.3. The second-order valence-electron chi connectivity index (χ2n) is 5.46. The van der Waals surface area contributed by atoms with Crippen molar-refractivity contribution >= 4 is 5.91 Å². The number of likely N-dealkylation sites (N-methyl/N-ethyl adjacent to an activating group) is 1. The predicted molar refractivity (Wildman–Crippen MR) is 70.2 cm³/mol. The average molecular weight is 255 g/mol. The Hall–Kier alpha value is -0.650. The van der Waals surface area contributed by atoms with Crippen LogP contribution in [0.5, 0.6) is 0 Å². The molecular weight excluding hydrogens is 230 g/mol. The zero-order valence-electron chi connectivity index (χ0n) is 11.3. The van der Waals surface area contributed by atoms with E-state index >= 15 is 0 Å². The van der Waals surface area contributed by atoms with Crippen molar-refractivity contribution in [2.75, 3.05) is 46.4 Å². The first-order valence-electron chi connectivity index (χ1n) is 6.98. The predicted octanol–water partition coefficient (Wildman–Crippen LogP) is -0.0956. The fourth-order valence-electron chi connectivity index (χ4n) is 2.82. The lowest BCUT2D eigenvalue weighted by atomic mass is 10.1. The van der Waals surface area contributed by atoms with E-state index in [1.54, 1.807) is 0 Å². The SMILES string of the molecule is CN1CCN(C(=O)COC2CCCC2CN)CC1. The summed E-state index contributed by atoms with van der Waals surface area (Å²) in [7, 11) is 2.09. The van der Waals surface area contributed by atoms with Gasteiger partial charge in [-0.05, 0) is 32.4 Å². The third kappa shape index (κ3) is 3.43. The van der Waals surface area contributed by atoms with Gasteiger partial charge >= 0.3 is 0 Å². The summed E-state index contributed by atoms with van der Waals surface area (Å²) < 4.78 is 5.76. The fourth-order valence-corrected chi connectivity index (χ4v) is 2.82. The Kier molecular flexibility index (Phi) is 4.97. The third-order valence-electron chi connectivity index (χ3n) is 4.17. The van der Waals surface area contributed by atoms with Crippen LogP contribution in [0.2, 0.25) is 0 Å². The molecule has 0 aromatic rings. The Morgan fingerprint density at radius 3 is 2.67 bits per heavy atom. The summed E-state index contributed by atoms with van der Waals surface area (Å²) in [6.45, 7) is 4.47. The smallest absolute Gasteiger partial charge is 0.248 e. The molecule has 0 spiro atoms. The first kappa shape index (κ1) is 13.8. The van der Waals surface area contributed by atoms with Crippen LogP contribution in [0.3, 0.4) is 0 Å². The first-order chi connectivity index (χ1) is 8.70. The van der Waals surface area contributed by atoms with Crippen LogP contribution in [0.15, 0.2) is 0 Å². The minimum atomic E-state index is 0.130. The highest BCUT2D eigenvalue weighted by molar-refractivity contribution is 5.77. The van der Waals surface area contributed by atoms with Gasteiger partial charge in [0.15, 0.2) is 0 Å². The number of amides is 1. The van der Waals surface area contributed by atoms with E-state index in [2.05, 4.69) is 11.9 Å². The standard InChI is InChI=1S/C13H25N3O2/c1-15-5-7-16(8-6-15)13(17)10-18-12-4-2-3-11(12)9-14/h11-12H,2-10,14H2,1H3. The number of carbonyl (C=O) groups excluding carboxylic acids is 1. The average Bonchev–Trinajstić information content (AvgIpc) is 2.84. The van der Waals surface area contributed by atoms with Crippen molar-refractivity contribution in [1.29, 1.82) is 0 Å². The normalized spacial score (nSPS) is 29.8. The van der Waals surface area contributed by atoms with Gasteiger partial charge in [-0.2, -0.15) is 0 Å². The van der Waals surface area contributed by atoms with E-state index in [0.29, 0.717) is 12.5 Å². The molecule has 1 saturated carbocycles. The molecule has 18 heavy (non-hydrogen) atoms. The first-order valence-corrected chi connectivity index (χ1v) is 6.98. The van der Waals surface area contributed by atoms with Crippen molar-refractivity contribution in [3.8, 4) is 0 Å². The maximum absolute atomic E-state index is 12.0. The summed E-state index contributed by atoms with van der Waals surface area (Å²) in [4.78, 5) is 16.2. The van der Waals surface area contributed by atoms with E-state index in [4.69, 9.17) is 10.5 Å². The van der Waals surface area contributed by atoms with Crippen LogP contribution in [-0.4, -0.2) is 68.2 Å². The number of hydrogen-bond donors (Lipinski definition) is 1. The van der Waals surface area contributed by atoms with Gasteiger partial charge in [0.25, 0.3) is 0 Å². The van der Waals surface area contributed by atoms with Crippen molar-refractivity contribution in [2.24, 2.45) is 11.7 Å². The molecule has 1 aliphatic heterocycles. The molecule has 1 heterocycles. The highest BCUT2D eigenvalue weighted by atomic mass is 16.5. The summed E-state index contributed by atoms with van der Waals surface area (Å²) in [5, 5.41) is 0. The highest BCUT2D eigenvalue weighted by Gasteiger charge is 2.28. The maximum Gasteiger partial charge on any atom is 0.248 e. The molecule has 2 fully saturated rings. The molecule has 5 nitrogen and oxygen atoms in total. The van der Waals surface area contributed by atoms with Crippen LogP contribution in [0, 0.1) is 5.92 Å². The van der Waals surface area contributed by atoms with Gasteiger partial charge in [0.2, 0.25) is 5.91 Å². The quantitative estimate of drug-likeness (QED) is 0.762. The summed E-state index contributed by atoms with van der Waals surface area (Å²) in [6, 6.07) is 0. The molecule has 104 valence electrons. The van der Waals surface area contributed by atoms with Gasteiger partial charge in [-0.15, -0.1) is 0 Å². The number of nitrogens with two attached hydrogens (primary N) is 1. The topological polar surface area (TPSA) is 58.8 Å². The number of nitrogens with zero attached hydrogens (tertiary/aromatic N) is 2. The lowest BCUT2D eigenvalue weighted by Crippen LogP contribution is -2.48. The van der Waals surface area contributed by atoms with Gasteiger partial charge in [-0.1, -0.05) is 6.42 Å². The molecule has 2 atom stereocenters. The van der Waals surface area contributed by atoms with Crippen LogP contribution in [-0.2, 0) is 9.53 Å². The Labute approximate surface area is 109 Å². The van der Waals surface area contributed by atoms with Crippen molar-refractivity contribution in [3.63, 3.8) is 0 Å². The van der Waals surface area contributed by atoms with Gasteiger partial charge in [-0.25, -0.2) is 0 Å². The van der Waals surface area contributed by atoms with Gasteiger partial charge in [0, 0.05) is 26.2 Å². The highest BCUT2D eigenvalue weighted by Crippen LogP contribution is 2.27. The van der Waals surface area contributed by atoms with Crippen molar-refractivity contribution in [2.45, 2.75) is 25.4 Å². The summed E-state index contributed by atoms with van der Waals surface area (Å²) in [5.41, 5.74) is 5.71. The fraction of sp³-hybridized carbons (Fsp3) is 0.923. The van der Waals surface area contributed by atoms with E-state index in [1.807, 2.05) is 4.90 Å². The molecule has 5 heteroatoms. The van der Waals surface area contributed by atoms with Gasteiger partial charge in [0.1, 0.15) is 6.61 Å². The number of carbonyl (C=O) groups is 1. The van der Waals surface area contributed by atoms with Gasteiger partial charge < -0.3 is 20.3 Å². The van der Waals surface area contributed by atoms with Crippen LogP contribution in [0.25, 0.3) is 0 Å². The molecule has 2 rings (SSSR count). The van der Waals surface area contributed by atoms with Crippen LogP contribution < -0.4 is 5.73 Å². The van der Waals surface area contributed by atoms with Crippen LogP contribution >= 0.6 is 0 Å². The molecular formula is C13H25N3O2. The Bertz CT molecular complexity index is 277. The number of ether oxygens (including phenoxy) is 1. The molecule has 2 unspecified atom stereocenters. The molecule has 0 aromatic carbocycles. The van der Waals surface area contributed by atoms with Crippen LogP contribution in [0.1, 0.15) is 19.3 Å².